The summed E-state index contributed by atoms with van der Waals surface area (Å²) in [6.45, 7) is 3.00. The van der Waals surface area contributed by atoms with Crippen LogP contribution in [0.1, 0.15) is 86.0 Å². The van der Waals surface area contributed by atoms with Crippen LogP contribution in [0, 0.1) is 0 Å². The first-order valence-corrected chi connectivity index (χ1v) is 17.1. The molecule has 0 aromatic heterocycles. The summed E-state index contributed by atoms with van der Waals surface area (Å²) in [5, 5.41) is 21.2. The first-order valence-electron chi connectivity index (χ1n) is 17.1. The quantitative estimate of drug-likeness (QED) is 0.0892. The zero-order chi connectivity index (χ0) is 33.7. The number of nitrogens with one attached hydrogen (secondary N) is 2. The number of hydrogen-bond donors (Lipinski definition) is 4. The molecule has 5 rings (SSSR count). The van der Waals surface area contributed by atoms with Crippen molar-refractivity contribution in [3.05, 3.63) is 95.1 Å². The summed E-state index contributed by atoms with van der Waals surface area (Å²) in [6, 6.07) is 24.7. The topological polar surface area (TPSA) is 130 Å². The molecule has 0 saturated carbocycles. The number of hydroxylamine groups is 1. The number of carbonyl (C=O) groups is 2. The monoisotopic (exact) mass is 659 g/mol. The van der Waals surface area contributed by atoms with E-state index in [1.807, 2.05) is 42.5 Å². The van der Waals surface area contributed by atoms with Crippen molar-refractivity contribution in [2.45, 2.75) is 89.1 Å². The molecule has 0 spiro atoms. The molecule has 2 aliphatic rings. The number of ether oxygens (including phenoxy) is 3. The minimum Gasteiger partial charge on any atom is -0.392 e. The van der Waals surface area contributed by atoms with E-state index in [-0.39, 0.29) is 31.1 Å². The van der Waals surface area contributed by atoms with Gasteiger partial charge in [-0.05, 0) is 60.0 Å². The van der Waals surface area contributed by atoms with Crippen molar-refractivity contribution in [2.75, 3.05) is 26.8 Å². The summed E-state index contributed by atoms with van der Waals surface area (Å²) in [4.78, 5) is 26.1. The molecule has 10 nitrogen and oxygen atoms in total. The highest BCUT2D eigenvalue weighted by Crippen LogP contribution is 2.39. The van der Waals surface area contributed by atoms with Gasteiger partial charge < -0.3 is 24.6 Å². The van der Waals surface area contributed by atoms with Gasteiger partial charge in [0.2, 0.25) is 11.8 Å². The molecule has 3 aromatic rings. The van der Waals surface area contributed by atoms with Gasteiger partial charge in [0, 0.05) is 51.1 Å². The zero-order valence-corrected chi connectivity index (χ0v) is 27.8. The molecular weight excluding hydrogens is 610 g/mol. The van der Waals surface area contributed by atoms with Crippen molar-refractivity contribution in [3.8, 4) is 11.1 Å². The first-order chi connectivity index (χ1) is 23.5. The second kappa shape index (κ2) is 18.2. The van der Waals surface area contributed by atoms with Gasteiger partial charge in [-0.2, -0.15) is 0 Å². The highest BCUT2D eigenvalue weighted by Gasteiger charge is 2.35. The van der Waals surface area contributed by atoms with Crippen LogP contribution in [0.3, 0.4) is 0 Å². The summed E-state index contributed by atoms with van der Waals surface area (Å²) in [7, 11) is 1.76. The van der Waals surface area contributed by atoms with E-state index in [0.29, 0.717) is 31.8 Å². The Morgan fingerprint density at radius 3 is 2.38 bits per heavy atom. The van der Waals surface area contributed by atoms with Crippen LogP contribution in [0.5, 0.6) is 0 Å². The van der Waals surface area contributed by atoms with E-state index in [9.17, 15) is 14.7 Å². The van der Waals surface area contributed by atoms with Gasteiger partial charge in [-0.15, -0.1) is 0 Å². The molecule has 4 atom stereocenters. The van der Waals surface area contributed by atoms with Crippen LogP contribution in [0.2, 0.25) is 0 Å². The maximum Gasteiger partial charge on any atom is 0.243 e. The summed E-state index contributed by atoms with van der Waals surface area (Å²) >= 11 is 0. The maximum absolute atomic E-state index is 12.5. The molecule has 48 heavy (non-hydrogen) atoms. The number of carbonyl (C=O) groups excluding carboxylic acids is 2. The van der Waals surface area contributed by atoms with Crippen LogP contribution >= 0.6 is 0 Å². The Hall–Kier alpha value is -3.64. The Balaban J connectivity index is 1.24. The van der Waals surface area contributed by atoms with Crippen LogP contribution in [0.4, 0.5) is 0 Å². The van der Waals surface area contributed by atoms with Crippen LogP contribution < -0.4 is 10.8 Å². The molecule has 0 unspecified atom stereocenters. The van der Waals surface area contributed by atoms with Crippen LogP contribution in [0.15, 0.2) is 72.8 Å². The van der Waals surface area contributed by atoms with Crippen LogP contribution in [-0.4, -0.2) is 66.0 Å². The molecule has 258 valence electrons. The summed E-state index contributed by atoms with van der Waals surface area (Å²) < 4.78 is 18.7. The van der Waals surface area contributed by atoms with Crippen molar-refractivity contribution < 1.29 is 34.1 Å². The largest absolute Gasteiger partial charge is 0.392 e. The molecule has 2 heterocycles. The zero-order valence-electron chi connectivity index (χ0n) is 27.8. The normalized spacial score (nSPS) is 21.2. The lowest BCUT2D eigenvalue weighted by Gasteiger charge is -2.38. The molecule has 2 saturated heterocycles. The lowest BCUT2D eigenvalue weighted by molar-refractivity contribution is -0.253. The fourth-order valence-corrected chi connectivity index (χ4v) is 6.67. The summed E-state index contributed by atoms with van der Waals surface area (Å²) in [5.74, 6) is -0.439. The third-order valence-corrected chi connectivity index (χ3v) is 9.33. The second-order valence-electron chi connectivity index (χ2n) is 12.7. The van der Waals surface area contributed by atoms with Gasteiger partial charge >= 0.3 is 0 Å². The standard InChI is InChI=1S/C38H49N3O7/c1-46-26-32-9-7-21-41(32)24-33-22-35(29-15-13-27(25-42)14-16-29)48-38(47-33)30-19-17-28(18-20-30)34-10-6-5-8-31(34)23-39-36(43)11-3-2-4-12-37(44)40-45/h5-6,8,10,13-20,32-33,35,38,42,45H,2-4,7,9,11-12,21-26H2,1H3,(H,39,43)(H,40,44)/t32-,33-,35+,38+/m0/s1. The average Bonchev–Trinajstić information content (AvgIpc) is 3.56. The van der Waals surface area contributed by atoms with Crippen LogP contribution in [-0.2, 0) is 37.0 Å². The average molecular weight is 660 g/mol. The Morgan fingerprint density at radius 2 is 1.65 bits per heavy atom. The van der Waals surface area contributed by atoms with Crippen molar-refractivity contribution in [1.82, 2.24) is 15.7 Å². The van der Waals surface area contributed by atoms with Gasteiger partial charge in [0.25, 0.3) is 0 Å². The third-order valence-electron chi connectivity index (χ3n) is 9.33. The lowest BCUT2D eigenvalue weighted by Crippen LogP contribution is -2.42. The molecular formula is C38H49N3O7. The van der Waals surface area contributed by atoms with E-state index in [0.717, 1.165) is 78.8 Å². The van der Waals surface area contributed by atoms with Crippen molar-refractivity contribution in [1.29, 1.82) is 0 Å². The van der Waals surface area contributed by atoms with Crippen molar-refractivity contribution >= 4 is 11.8 Å². The fraction of sp³-hybridized carbons (Fsp3) is 0.474. The number of rotatable bonds is 16. The summed E-state index contributed by atoms with van der Waals surface area (Å²) in [6.07, 6.45) is 5.01. The lowest BCUT2D eigenvalue weighted by atomic mass is 9.97. The number of likely N-dealkylation sites (tertiary alicyclic amines) is 1. The van der Waals surface area contributed by atoms with Gasteiger partial charge in [0.05, 0.1) is 25.4 Å². The minimum atomic E-state index is -0.531. The number of aliphatic hydroxyl groups excluding tert-OH is 1. The number of benzene rings is 3. The number of amides is 2. The fourth-order valence-electron chi connectivity index (χ4n) is 6.67. The van der Waals surface area contributed by atoms with Crippen molar-refractivity contribution in [2.24, 2.45) is 0 Å². The predicted molar refractivity (Wildman–Crippen MR) is 182 cm³/mol. The molecule has 0 bridgehead atoms. The van der Waals surface area contributed by atoms with E-state index >= 15 is 0 Å². The number of aliphatic hydroxyl groups is 1. The number of nitrogens with zero attached hydrogens (tertiary/aromatic N) is 1. The molecule has 10 heteroatoms. The molecule has 2 fully saturated rings. The highest BCUT2D eigenvalue weighted by atomic mass is 16.7. The van der Waals surface area contributed by atoms with E-state index in [4.69, 9.17) is 19.4 Å². The third kappa shape index (κ3) is 9.95. The minimum absolute atomic E-state index is 0.00686. The Kier molecular flexibility index (Phi) is 13.5. The summed E-state index contributed by atoms with van der Waals surface area (Å²) in [5.41, 5.74) is 7.61. The molecule has 0 radical (unpaired) electrons. The molecule has 4 N–H and O–H groups in total. The predicted octanol–water partition coefficient (Wildman–Crippen LogP) is 5.57. The van der Waals surface area contributed by atoms with Gasteiger partial charge in [-0.1, -0.05) is 79.2 Å². The van der Waals surface area contributed by atoms with E-state index in [2.05, 4.69) is 40.5 Å². The van der Waals surface area contributed by atoms with Crippen molar-refractivity contribution in [3.63, 3.8) is 0 Å². The highest BCUT2D eigenvalue weighted by molar-refractivity contribution is 5.76. The Morgan fingerprint density at radius 1 is 0.917 bits per heavy atom. The Bertz CT molecular complexity index is 1450. The maximum atomic E-state index is 12.5. The van der Waals surface area contributed by atoms with E-state index < -0.39 is 12.2 Å². The molecule has 0 aliphatic carbocycles. The van der Waals surface area contributed by atoms with E-state index in [1.165, 1.54) is 0 Å². The van der Waals surface area contributed by atoms with Gasteiger partial charge in [0.15, 0.2) is 6.29 Å². The number of methoxy groups -OCH3 is 1. The SMILES string of the molecule is COC[C@@H]1CCCN1C[C@@H]1C[C@H](c2ccc(CO)cc2)O[C@H](c2ccc(-c3ccccc3CNC(=O)CCCCCC(=O)NO)cc2)O1. The van der Waals surface area contributed by atoms with Crippen LogP contribution in [0.25, 0.3) is 11.1 Å². The second-order valence-corrected chi connectivity index (χ2v) is 12.7. The first kappa shape index (κ1) is 35.7. The molecule has 3 aromatic carbocycles. The Labute approximate surface area is 283 Å². The number of unbranched alkanes of at least 4 members (excludes halogenated alkanes) is 2. The molecule has 2 aliphatic heterocycles. The van der Waals surface area contributed by atoms with Gasteiger partial charge in [-0.3, -0.25) is 19.7 Å². The van der Waals surface area contributed by atoms with Gasteiger partial charge in [0.1, 0.15) is 0 Å². The van der Waals surface area contributed by atoms with Gasteiger partial charge in [-0.25, -0.2) is 5.48 Å². The smallest absolute Gasteiger partial charge is 0.243 e. The molecule has 2 amide bonds. The number of hydrogen-bond acceptors (Lipinski definition) is 8. The van der Waals surface area contributed by atoms with E-state index in [1.54, 1.807) is 12.6 Å².